The second kappa shape index (κ2) is 6.28. The fourth-order valence-electron chi connectivity index (χ4n) is 1.99. The highest BCUT2D eigenvalue weighted by atomic mass is 19.1. The van der Waals surface area contributed by atoms with Gasteiger partial charge in [0.05, 0.1) is 0 Å². The summed E-state index contributed by atoms with van der Waals surface area (Å²) in [4.78, 5) is 16.2. The van der Waals surface area contributed by atoms with E-state index in [1.807, 2.05) is 26.0 Å². The number of nitrogens with zero attached hydrogens (tertiary/aromatic N) is 1. The monoisotopic (exact) mass is 272 g/mol. The zero-order chi connectivity index (χ0) is 14.5. The Morgan fingerprint density at radius 2 is 1.95 bits per heavy atom. The molecule has 4 heteroatoms. The van der Waals surface area contributed by atoms with E-state index in [-0.39, 0.29) is 17.6 Å². The molecular weight excluding hydrogens is 255 g/mol. The number of rotatable bonds is 4. The summed E-state index contributed by atoms with van der Waals surface area (Å²) < 4.78 is 12.9. The van der Waals surface area contributed by atoms with Gasteiger partial charge in [-0.2, -0.15) is 0 Å². The van der Waals surface area contributed by atoms with Gasteiger partial charge in [0, 0.05) is 12.1 Å². The van der Waals surface area contributed by atoms with Crippen molar-refractivity contribution < 1.29 is 9.18 Å². The van der Waals surface area contributed by atoms with E-state index < -0.39 is 0 Å². The third-order valence-corrected chi connectivity index (χ3v) is 3.09. The van der Waals surface area contributed by atoms with Crippen LogP contribution in [0.5, 0.6) is 0 Å². The molecule has 0 saturated carbocycles. The van der Waals surface area contributed by atoms with Gasteiger partial charge in [0.15, 0.2) is 0 Å². The maximum atomic E-state index is 12.9. The molecule has 0 fully saturated rings. The first-order chi connectivity index (χ1) is 9.54. The van der Waals surface area contributed by atoms with Crippen LogP contribution in [-0.2, 0) is 4.79 Å². The van der Waals surface area contributed by atoms with Crippen molar-refractivity contribution in [1.29, 1.82) is 0 Å². The molecule has 1 atom stereocenters. The molecule has 1 amide bonds. The van der Waals surface area contributed by atoms with Gasteiger partial charge in [-0.15, -0.1) is 0 Å². The highest BCUT2D eigenvalue weighted by Crippen LogP contribution is 2.19. The number of aryl methyl sites for hydroxylation is 1. The zero-order valence-corrected chi connectivity index (χ0v) is 11.6. The molecule has 2 aromatic rings. The maximum Gasteiger partial charge on any atom is 0.226 e. The summed E-state index contributed by atoms with van der Waals surface area (Å²) in [5.74, 6) is 0.219. The van der Waals surface area contributed by atoms with E-state index in [4.69, 9.17) is 0 Å². The molecule has 0 saturated heterocycles. The van der Waals surface area contributed by atoms with Crippen molar-refractivity contribution >= 4 is 11.7 Å². The van der Waals surface area contributed by atoms with Crippen LogP contribution in [0.15, 0.2) is 42.5 Å². The predicted octanol–water partition coefficient (Wildman–Crippen LogP) is 3.66. The quantitative estimate of drug-likeness (QED) is 0.922. The first-order valence-corrected chi connectivity index (χ1v) is 6.53. The molecule has 0 aliphatic carbocycles. The van der Waals surface area contributed by atoms with Gasteiger partial charge in [-0.05, 0) is 42.7 Å². The molecule has 20 heavy (non-hydrogen) atoms. The Hall–Kier alpha value is -2.23. The van der Waals surface area contributed by atoms with Crippen molar-refractivity contribution in [3.05, 3.63) is 59.5 Å². The molecular formula is C16H17FN2O. The molecule has 0 radical (unpaired) electrons. The molecule has 1 heterocycles. The number of halogens is 1. The molecule has 2 rings (SSSR count). The number of pyridine rings is 1. The van der Waals surface area contributed by atoms with Crippen LogP contribution in [0.25, 0.3) is 0 Å². The maximum absolute atomic E-state index is 12.9. The van der Waals surface area contributed by atoms with Crippen molar-refractivity contribution in [2.45, 2.75) is 26.2 Å². The van der Waals surface area contributed by atoms with Gasteiger partial charge < -0.3 is 5.32 Å². The number of benzene rings is 1. The minimum Gasteiger partial charge on any atom is -0.311 e. The van der Waals surface area contributed by atoms with Crippen LogP contribution < -0.4 is 5.32 Å². The summed E-state index contributed by atoms with van der Waals surface area (Å²) in [6.45, 7) is 3.81. The average molecular weight is 272 g/mol. The second-order valence-electron chi connectivity index (χ2n) is 4.87. The van der Waals surface area contributed by atoms with Crippen molar-refractivity contribution in [1.82, 2.24) is 4.98 Å². The number of anilines is 1. The summed E-state index contributed by atoms with van der Waals surface area (Å²) in [5, 5.41) is 2.77. The zero-order valence-electron chi connectivity index (χ0n) is 11.6. The number of hydrogen-bond acceptors (Lipinski definition) is 2. The standard InChI is InChI=1S/C16H17FN2O/c1-11(13-6-8-14(17)9-7-13)10-16(20)19-15-5-3-4-12(2)18-15/h3-9,11H,10H2,1-2H3,(H,18,19,20)/t11-/m0/s1. The van der Waals surface area contributed by atoms with Gasteiger partial charge in [-0.25, -0.2) is 9.37 Å². The molecule has 1 aromatic carbocycles. The van der Waals surface area contributed by atoms with E-state index in [1.165, 1.54) is 12.1 Å². The fraction of sp³-hybridized carbons (Fsp3) is 0.250. The van der Waals surface area contributed by atoms with Gasteiger partial charge in [0.2, 0.25) is 5.91 Å². The van der Waals surface area contributed by atoms with Crippen LogP contribution >= 0.6 is 0 Å². The lowest BCUT2D eigenvalue weighted by Gasteiger charge is -2.12. The molecule has 3 nitrogen and oxygen atoms in total. The lowest BCUT2D eigenvalue weighted by atomic mass is 9.97. The van der Waals surface area contributed by atoms with Crippen molar-refractivity contribution in [3.8, 4) is 0 Å². The molecule has 0 bridgehead atoms. The number of nitrogens with one attached hydrogen (secondary N) is 1. The Morgan fingerprint density at radius 3 is 2.60 bits per heavy atom. The second-order valence-corrected chi connectivity index (χ2v) is 4.87. The summed E-state index contributed by atoms with van der Waals surface area (Å²) in [6.07, 6.45) is 0.335. The van der Waals surface area contributed by atoms with E-state index in [0.29, 0.717) is 12.2 Å². The molecule has 1 aromatic heterocycles. The lowest BCUT2D eigenvalue weighted by molar-refractivity contribution is -0.116. The van der Waals surface area contributed by atoms with Gasteiger partial charge in [-0.1, -0.05) is 25.1 Å². The smallest absolute Gasteiger partial charge is 0.226 e. The fourth-order valence-corrected chi connectivity index (χ4v) is 1.99. The highest BCUT2D eigenvalue weighted by Gasteiger charge is 2.12. The normalized spacial score (nSPS) is 11.9. The number of hydrogen-bond donors (Lipinski definition) is 1. The summed E-state index contributed by atoms with van der Waals surface area (Å²) in [6, 6.07) is 11.7. The Morgan fingerprint density at radius 1 is 1.25 bits per heavy atom. The number of carbonyl (C=O) groups is 1. The Labute approximate surface area is 117 Å². The first kappa shape index (κ1) is 14.2. The largest absolute Gasteiger partial charge is 0.311 e. The third-order valence-electron chi connectivity index (χ3n) is 3.09. The van der Waals surface area contributed by atoms with E-state index in [2.05, 4.69) is 10.3 Å². The molecule has 0 aliphatic rings. The topological polar surface area (TPSA) is 42.0 Å². The van der Waals surface area contributed by atoms with Crippen molar-refractivity contribution in [2.24, 2.45) is 0 Å². The average Bonchev–Trinajstić information content (AvgIpc) is 2.39. The van der Waals surface area contributed by atoms with Crippen LogP contribution in [0.4, 0.5) is 10.2 Å². The number of carbonyl (C=O) groups excluding carboxylic acids is 1. The lowest BCUT2D eigenvalue weighted by Crippen LogP contribution is -2.15. The van der Waals surface area contributed by atoms with Crippen molar-refractivity contribution in [3.63, 3.8) is 0 Å². The van der Waals surface area contributed by atoms with Gasteiger partial charge in [-0.3, -0.25) is 4.79 Å². The molecule has 0 aliphatic heterocycles. The van der Waals surface area contributed by atoms with E-state index >= 15 is 0 Å². The molecule has 0 spiro atoms. The Balaban J connectivity index is 1.95. The van der Waals surface area contributed by atoms with Gasteiger partial charge >= 0.3 is 0 Å². The van der Waals surface area contributed by atoms with Crippen LogP contribution in [0.3, 0.4) is 0 Å². The Kier molecular flexibility index (Phi) is 4.45. The number of aromatic nitrogens is 1. The minimum absolute atomic E-state index is 0.0282. The molecule has 0 unspecified atom stereocenters. The van der Waals surface area contributed by atoms with E-state index in [0.717, 1.165) is 11.3 Å². The van der Waals surface area contributed by atoms with Gasteiger partial charge in [0.25, 0.3) is 0 Å². The molecule has 104 valence electrons. The SMILES string of the molecule is Cc1cccc(NC(=O)C[C@H](C)c2ccc(F)cc2)n1. The van der Waals surface area contributed by atoms with Crippen LogP contribution in [0.1, 0.15) is 30.5 Å². The highest BCUT2D eigenvalue weighted by molar-refractivity contribution is 5.90. The van der Waals surface area contributed by atoms with Crippen LogP contribution in [0.2, 0.25) is 0 Å². The summed E-state index contributed by atoms with van der Waals surface area (Å²) in [7, 11) is 0. The van der Waals surface area contributed by atoms with Crippen LogP contribution in [0, 0.1) is 12.7 Å². The number of amides is 1. The van der Waals surface area contributed by atoms with E-state index in [9.17, 15) is 9.18 Å². The van der Waals surface area contributed by atoms with Crippen molar-refractivity contribution in [2.75, 3.05) is 5.32 Å². The summed E-state index contributed by atoms with van der Waals surface area (Å²) >= 11 is 0. The van der Waals surface area contributed by atoms with Crippen LogP contribution in [-0.4, -0.2) is 10.9 Å². The first-order valence-electron chi connectivity index (χ1n) is 6.53. The van der Waals surface area contributed by atoms with Gasteiger partial charge in [0.1, 0.15) is 11.6 Å². The minimum atomic E-state index is -0.269. The predicted molar refractivity (Wildman–Crippen MR) is 77.0 cm³/mol. The van der Waals surface area contributed by atoms with E-state index in [1.54, 1.807) is 18.2 Å². The third kappa shape index (κ3) is 3.88. The molecule has 1 N–H and O–H groups in total. The summed E-state index contributed by atoms with van der Waals surface area (Å²) in [5.41, 5.74) is 1.80. The Bertz CT molecular complexity index is 596.